The molecule has 58 valence electrons. The molecule has 2 rings (SSSR count). The topological polar surface area (TPSA) is 3.24 Å². The van der Waals surface area contributed by atoms with E-state index in [2.05, 4.69) is 19.0 Å². The van der Waals surface area contributed by atoms with Gasteiger partial charge in [-0.3, -0.25) is 4.90 Å². The Balaban J connectivity index is 2.12. The van der Waals surface area contributed by atoms with Crippen LogP contribution < -0.4 is 0 Å². The molecule has 2 atom stereocenters. The van der Waals surface area contributed by atoms with Crippen LogP contribution in [0.5, 0.6) is 0 Å². The Morgan fingerprint density at radius 2 is 2.20 bits per heavy atom. The Labute approximate surface area is 63.0 Å². The van der Waals surface area contributed by atoms with Crippen molar-refractivity contribution in [2.24, 2.45) is 0 Å². The summed E-state index contributed by atoms with van der Waals surface area (Å²) < 4.78 is 1.34. The van der Waals surface area contributed by atoms with Gasteiger partial charge in [-0.1, -0.05) is 0 Å². The molecule has 2 saturated heterocycles. The Hall–Kier alpha value is -0.0800. The van der Waals surface area contributed by atoms with E-state index in [-0.39, 0.29) is 0 Å². The van der Waals surface area contributed by atoms with Crippen molar-refractivity contribution in [2.45, 2.75) is 12.5 Å². The second-order valence-electron chi connectivity index (χ2n) is 4.17. The van der Waals surface area contributed by atoms with Crippen molar-refractivity contribution in [1.82, 2.24) is 4.90 Å². The summed E-state index contributed by atoms with van der Waals surface area (Å²) in [5, 5.41) is 0. The van der Waals surface area contributed by atoms with Crippen molar-refractivity contribution in [3.8, 4) is 0 Å². The molecule has 0 N–H and O–H groups in total. The fourth-order valence-electron chi connectivity index (χ4n) is 2.30. The number of hydrogen-bond acceptors (Lipinski definition) is 1. The number of hydrogen-bond donors (Lipinski definition) is 0. The highest BCUT2D eigenvalue weighted by atomic mass is 15.4. The summed E-state index contributed by atoms with van der Waals surface area (Å²) in [5.41, 5.74) is 0. The van der Waals surface area contributed by atoms with Crippen LogP contribution >= 0.6 is 0 Å². The van der Waals surface area contributed by atoms with Crippen LogP contribution in [0.4, 0.5) is 0 Å². The number of rotatable bonds is 0. The van der Waals surface area contributed by atoms with E-state index in [9.17, 15) is 0 Å². The molecule has 2 heterocycles. The molecule has 0 amide bonds. The van der Waals surface area contributed by atoms with Crippen molar-refractivity contribution in [2.75, 3.05) is 40.3 Å². The second-order valence-corrected chi connectivity index (χ2v) is 4.17. The summed E-state index contributed by atoms with van der Waals surface area (Å²) in [5.74, 6) is 0. The lowest BCUT2D eigenvalue weighted by molar-refractivity contribution is -0.901. The fourth-order valence-corrected chi connectivity index (χ4v) is 2.30. The second kappa shape index (κ2) is 1.95. The number of quaternary nitrogens is 1. The third-order valence-electron chi connectivity index (χ3n) is 3.27. The summed E-state index contributed by atoms with van der Waals surface area (Å²) in [7, 11) is 4.66. The Morgan fingerprint density at radius 1 is 1.40 bits per heavy atom. The van der Waals surface area contributed by atoms with Gasteiger partial charge in [-0.2, -0.15) is 0 Å². The van der Waals surface area contributed by atoms with E-state index in [1.807, 2.05) is 0 Å². The highest BCUT2D eigenvalue weighted by molar-refractivity contribution is 4.78. The van der Waals surface area contributed by atoms with Crippen LogP contribution in [-0.2, 0) is 0 Å². The molecule has 0 aliphatic carbocycles. The van der Waals surface area contributed by atoms with Crippen LogP contribution in [0, 0.1) is 0 Å². The first-order valence-electron chi connectivity index (χ1n) is 4.23. The lowest BCUT2D eigenvalue weighted by atomic mass is 10.2. The van der Waals surface area contributed by atoms with Crippen LogP contribution in [0.15, 0.2) is 0 Å². The predicted molar refractivity (Wildman–Crippen MR) is 41.8 cm³/mol. The quantitative estimate of drug-likeness (QED) is 0.434. The minimum Gasteiger partial charge on any atom is -0.324 e. The summed E-state index contributed by atoms with van der Waals surface area (Å²) >= 11 is 0. The zero-order valence-electron chi connectivity index (χ0n) is 7.01. The third-order valence-corrected chi connectivity index (χ3v) is 3.27. The van der Waals surface area contributed by atoms with Crippen LogP contribution in [0.3, 0.4) is 0 Å². The van der Waals surface area contributed by atoms with Crippen molar-refractivity contribution in [3.05, 3.63) is 0 Å². The molecule has 2 fully saturated rings. The van der Waals surface area contributed by atoms with E-state index in [1.165, 1.54) is 37.1 Å². The molecule has 2 nitrogen and oxygen atoms in total. The summed E-state index contributed by atoms with van der Waals surface area (Å²) in [6, 6.07) is 0.902. The molecule has 2 bridgehead atoms. The average Bonchev–Trinajstić information content (AvgIpc) is 2.23. The van der Waals surface area contributed by atoms with Gasteiger partial charge in [0.05, 0.1) is 32.7 Å². The summed E-state index contributed by atoms with van der Waals surface area (Å²) in [6.07, 6.45) is 1.42. The van der Waals surface area contributed by atoms with Gasteiger partial charge in [-0.15, -0.1) is 0 Å². The summed E-state index contributed by atoms with van der Waals surface area (Å²) in [4.78, 5) is 2.52. The highest BCUT2D eigenvalue weighted by Crippen LogP contribution is 2.24. The third kappa shape index (κ3) is 0.867. The van der Waals surface area contributed by atoms with Crippen LogP contribution in [0.1, 0.15) is 6.42 Å². The van der Waals surface area contributed by atoms with Gasteiger partial charge >= 0.3 is 0 Å². The van der Waals surface area contributed by atoms with E-state index in [4.69, 9.17) is 0 Å². The normalized spacial score (nSPS) is 48.0. The zero-order chi connectivity index (χ0) is 7.19. The predicted octanol–water partition coefficient (Wildman–Crippen LogP) is 0.151. The molecule has 0 aromatic rings. The molecular formula is C8H17N2+. The van der Waals surface area contributed by atoms with Crippen LogP contribution in [0.25, 0.3) is 0 Å². The van der Waals surface area contributed by atoms with E-state index in [0.29, 0.717) is 0 Å². The molecule has 0 spiro atoms. The number of likely N-dealkylation sites (N-methyl/N-ethyl adjacent to an activating group) is 2. The van der Waals surface area contributed by atoms with Gasteiger partial charge < -0.3 is 4.48 Å². The molecular weight excluding hydrogens is 124 g/mol. The molecule has 2 aliphatic heterocycles. The Morgan fingerprint density at radius 3 is 2.90 bits per heavy atom. The first-order chi connectivity index (χ1) is 4.70. The van der Waals surface area contributed by atoms with Gasteiger partial charge in [0.1, 0.15) is 0 Å². The fraction of sp³-hybridized carbons (Fsp3) is 1.00. The van der Waals surface area contributed by atoms with Gasteiger partial charge in [-0.25, -0.2) is 0 Å². The largest absolute Gasteiger partial charge is 0.324 e. The van der Waals surface area contributed by atoms with Crippen molar-refractivity contribution in [3.63, 3.8) is 0 Å². The zero-order valence-corrected chi connectivity index (χ0v) is 7.01. The minimum absolute atomic E-state index is 0.902. The maximum absolute atomic E-state index is 2.52. The molecule has 0 aromatic heterocycles. The molecule has 0 saturated carbocycles. The van der Waals surface area contributed by atoms with Gasteiger partial charge in [0, 0.05) is 13.0 Å². The molecule has 10 heavy (non-hydrogen) atoms. The Bertz CT molecular complexity index is 146. The van der Waals surface area contributed by atoms with Crippen molar-refractivity contribution >= 4 is 0 Å². The Kier molecular flexibility index (Phi) is 1.29. The van der Waals surface area contributed by atoms with Crippen molar-refractivity contribution in [1.29, 1.82) is 0 Å². The molecule has 0 radical (unpaired) electrons. The van der Waals surface area contributed by atoms with Gasteiger partial charge in [0.25, 0.3) is 0 Å². The monoisotopic (exact) mass is 141 g/mol. The van der Waals surface area contributed by atoms with Crippen molar-refractivity contribution < 1.29 is 4.48 Å². The minimum atomic E-state index is 0.902. The summed E-state index contributed by atoms with van der Waals surface area (Å²) in [6.45, 7) is 5.49. The maximum atomic E-state index is 2.52. The SMILES string of the molecule is CN1CC[N@@+]2(C)CC[C@@H]1C2. The number of piperazine rings is 1. The molecule has 2 aliphatic rings. The first kappa shape index (κ1) is 6.62. The van der Waals surface area contributed by atoms with Crippen LogP contribution in [0.2, 0.25) is 0 Å². The maximum Gasteiger partial charge on any atom is 0.0945 e. The van der Waals surface area contributed by atoms with E-state index in [1.54, 1.807) is 0 Å². The lowest BCUT2D eigenvalue weighted by Crippen LogP contribution is -2.53. The van der Waals surface area contributed by atoms with Crippen LogP contribution in [-0.4, -0.2) is 55.7 Å². The van der Waals surface area contributed by atoms with E-state index in [0.717, 1.165) is 6.04 Å². The van der Waals surface area contributed by atoms with E-state index < -0.39 is 0 Å². The molecule has 0 unspecified atom stereocenters. The van der Waals surface area contributed by atoms with Gasteiger partial charge in [-0.05, 0) is 7.05 Å². The number of nitrogens with zero attached hydrogens (tertiary/aromatic N) is 2. The highest BCUT2D eigenvalue weighted by Gasteiger charge is 2.40. The van der Waals surface area contributed by atoms with E-state index >= 15 is 0 Å². The standard InChI is InChI=1S/C8H17N2/c1-9-4-6-10(2)5-3-8(9)7-10/h8H,3-7H2,1-2H3/q+1/t8-,10-/m1/s1. The first-order valence-corrected chi connectivity index (χ1v) is 4.23. The average molecular weight is 141 g/mol. The number of fused-ring (bicyclic) bond motifs is 2. The molecule has 0 aromatic carbocycles. The smallest absolute Gasteiger partial charge is 0.0945 e. The van der Waals surface area contributed by atoms with Gasteiger partial charge in [0.15, 0.2) is 0 Å². The lowest BCUT2D eigenvalue weighted by Gasteiger charge is -2.37. The molecule has 2 heteroatoms. The van der Waals surface area contributed by atoms with Gasteiger partial charge in [0.2, 0.25) is 0 Å².